The Morgan fingerprint density at radius 2 is 2.00 bits per heavy atom. The Hall–Kier alpha value is -0.980. The van der Waals surface area contributed by atoms with E-state index in [9.17, 15) is 0 Å². The van der Waals surface area contributed by atoms with E-state index in [-0.39, 0.29) is 0 Å². The lowest BCUT2D eigenvalue weighted by atomic mass is 9.68. The largest absolute Gasteiger partial charge is 0.497 e. The van der Waals surface area contributed by atoms with Gasteiger partial charge in [-0.1, -0.05) is 18.9 Å². The van der Waals surface area contributed by atoms with E-state index in [4.69, 9.17) is 4.74 Å². The fraction of sp³-hybridized carbons (Fsp3) is 0.600. The maximum atomic E-state index is 5.32. The summed E-state index contributed by atoms with van der Waals surface area (Å²) in [6.07, 6.45) is 8.39. The molecule has 1 nitrogen and oxygen atoms in total. The lowest BCUT2D eigenvalue weighted by Gasteiger charge is -2.37. The van der Waals surface area contributed by atoms with Crippen LogP contribution in [0, 0.1) is 5.92 Å². The maximum Gasteiger partial charge on any atom is 0.119 e. The van der Waals surface area contributed by atoms with E-state index in [1.165, 1.54) is 38.5 Å². The molecule has 2 aliphatic carbocycles. The summed E-state index contributed by atoms with van der Waals surface area (Å²) in [5, 5.41) is 0. The summed E-state index contributed by atoms with van der Waals surface area (Å²) >= 11 is 0. The zero-order valence-corrected chi connectivity index (χ0v) is 10.0. The van der Waals surface area contributed by atoms with Gasteiger partial charge in [-0.25, -0.2) is 0 Å². The lowest BCUT2D eigenvalue weighted by molar-refractivity contribution is 0.275. The fourth-order valence-corrected chi connectivity index (χ4v) is 3.59. The number of hydrogen-bond acceptors (Lipinski definition) is 1. The molecule has 0 heterocycles. The highest BCUT2D eigenvalue weighted by atomic mass is 16.5. The average molecular weight is 216 g/mol. The van der Waals surface area contributed by atoms with Gasteiger partial charge in [-0.2, -0.15) is 0 Å². The smallest absolute Gasteiger partial charge is 0.119 e. The van der Waals surface area contributed by atoms with E-state index in [0.29, 0.717) is 0 Å². The minimum atomic E-state index is 0.850. The zero-order chi connectivity index (χ0) is 11.0. The van der Waals surface area contributed by atoms with Crippen LogP contribution in [-0.4, -0.2) is 7.11 Å². The minimum Gasteiger partial charge on any atom is -0.497 e. The molecule has 0 radical (unpaired) electrons. The molecule has 0 N–H and O–H groups in total. The molecule has 1 aromatic rings. The van der Waals surface area contributed by atoms with Crippen molar-refractivity contribution in [3.63, 3.8) is 0 Å². The molecule has 2 atom stereocenters. The van der Waals surface area contributed by atoms with Crippen LogP contribution in [0.25, 0.3) is 0 Å². The molecule has 0 saturated heterocycles. The van der Waals surface area contributed by atoms with E-state index in [2.05, 4.69) is 18.2 Å². The molecule has 16 heavy (non-hydrogen) atoms. The van der Waals surface area contributed by atoms with Crippen molar-refractivity contribution in [2.75, 3.05) is 7.11 Å². The summed E-state index contributed by atoms with van der Waals surface area (Å²) in [5.74, 6) is 2.84. The van der Waals surface area contributed by atoms with Crippen LogP contribution in [0.5, 0.6) is 5.75 Å². The van der Waals surface area contributed by atoms with Gasteiger partial charge >= 0.3 is 0 Å². The molecule has 3 rings (SSSR count). The van der Waals surface area contributed by atoms with Gasteiger partial charge in [0, 0.05) is 0 Å². The molecule has 86 valence electrons. The molecule has 1 fully saturated rings. The molecule has 2 aliphatic rings. The third-order valence-electron chi connectivity index (χ3n) is 4.44. The second-order valence-corrected chi connectivity index (χ2v) is 5.25. The molecule has 0 aromatic heterocycles. The first kappa shape index (κ1) is 10.2. The van der Waals surface area contributed by atoms with Crippen molar-refractivity contribution in [1.29, 1.82) is 0 Å². The number of rotatable bonds is 1. The average Bonchev–Trinajstić information content (AvgIpc) is 2.38. The molecule has 0 amide bonds. The molecule has 1 heteroatoms. The van der Waals surface area contributed by atoms with Crippen LogP contribution in [0.4, 0.5) is 0 Å². The van der Waals surface area contributed by atoms with Crippen molar-refractivity contribution in [2.24, 2.45) is 5.92 Å². The number of benzene rings is 1. The molecule has 0 aliphatic heterocycles. The van der Waals surface area contributed by atoms with Crippen LogP contribution in [0.2, 0.25) is 0 Å². The quantitative estimate of drug-likeness (QED) is 0.691. The summed E-state index contributed by atoms with van der Waals surface area (Å²) in [5.41, 5.74) is 3.17. The van der Waals surface area contributed by atoms with Gasteiger partial charge in [-0.05, 0) is 60.8 Å². The summed E-state index contributed by atoms with van der Waals surface area (Å²) in [6, 6.07) is 6.70. The van der Waals surface area contributed by atoms with E-state index in [1.54, 1.807) is 18.2 Å². The molecule has 1 aromatic carbocycles. The second-order valence-electron chi connectivity index (χ2n) is 5.25. The minimum absolute atomic E-state index is 0.850. The van der Waals surface area contributed by atoms with Gasteiger partial charge in [0.1, 0.15) is 5.75 Å². The van der Waals surface area contributed by atoms with E-state index in [0.717, 1.165) is 17.6 Å². The normalized spacial score (nSPS) is 28.1. The first-order valence-electron chi connectivity index (χ1n) is 6.55. The van der Waals surface area contributed by atoms with Crippen LogP contribution in [0.3, 0.4) is 0 Å². The monoisotopic (exact) mass is 216 g/mol. The maximum absolute atomic E-state index is 5.32. The predicted octanol–water partition coefficient (Wildman–Crippen LogP) is 3.92. The molecule has 1 saturated carbocycles. The van der Waals surface area contributed by atoms with Crippen molar-refractivity contribution in [2.45, 2.75) is 44.4 Å². The van der Waals surface area contributed by atoms with Crippen molar-refractivity contribution in [1.82, 2.24) is 0 Å². The van der Waals surface area contributed by atoms with Crippen molar-refractivity contribution in [3.8, 4) is 5.75 Å². The van der Waals surface area contributed by atoms with Crippen molar-refractivity contribution < 1.29 is 4.74 Å². The Labute approximate surface area is 97.8 Å². The van der Waals surface area contributed by atoms with Gasteiger partial charge in [0.2, 0.25) is 0 Å². The molecule has 2 unspecified atom stereocenters. The Morgan fingerprint density at radius 1 is 1.12 bits per heavy atom. The number of ether oxygens (including phenoxy) is 1. The van der Waals surface area contributed by atoms with Crippen LogP contribution in [-0.2, 0) is 6.42 Å². The standard InChI is InChI=1S/C15H20O/c1-16-13-8-9-15-12(10-13)7-6-11-4-2-3-5-14(11)15/h8-11,14H,2-7H2,1H3. The zero-order valence-electron chi connectivity index (χ0n) is 10.0. The summed E-state index contributed by atoms with van der Waals surface area (Å²) in [4.78, 5) is 0. The van der Waals surface area contributed by atoms with Crippen LogP contribution in [0.15, 0.2) is 18.2 Å². The fourth-order valence-electron chi connectivity index (χ4n) is 3.59. The first-order chi connectivity index (χ1) is 7.88. The van der Waals surface area contributed by atoms with Gasteiger partial charge in [0.25, 0.3) is 0 Å². The highest BCUT2D eigenvalue weighted by Gasteiger charge is 2.31. The van der Waals surface area contributed by atoms with Crippen molar-refractivity contribution in [3.05, 3.63) is 29.3 Å². The SMILES string of the molecule is COc1ccc2c(c1)CCC1CCCCC21. The number of hydrogen-bond donors (Lipinski definition) is 0. The Balaban J connectivity index is 1.96. The van der Waals surface area contributed by atoms with Gasteiger partial charge in [-0.3, -0.25) is 0 Å². The summed E-state index contributed by atoms with van der Waals surface area (Å²) < 4.78 is 5.32. The van der Waals surface area contributed by atoms with Gasteiger partial charge in [0.15, 0.2) is 0 Å². The Morgan fingerprint density at radius 3 is 2.88 bits per heavy atom. The van der Waals surface area contributed by atoms with Gasteiger partial charge < -0.3 is 4.74 Å². The molecular formula is C15H20O. The van der Waals surface area contributed by atoms with Gasteiger partial charge in [-0.15, -0.1) is 0 Å². The summed E-state index contributed by atoms with van der Waals surface area (Å²) in [6.45, 7) is 0. The highest BCUT2D eigenvalue weighted by molar-refractivity contribution is 5.40. The van der Waals surface area contributed by atoms with E-state index in [1.807, 2.05) is 0 Å². The van der Waals surface area contributed by atoms with Crippen LogP contribution >= 0.6 is 0 Å². The molecular weight excluding hydrogens is 196 g/mol. The number of methoxy groups -OCH3 is 1. The number of fused-ring (bicyclic) bond motifs is 3. The number of aryl methyl sites for hydroxylation is 1. The van der Waals surface area contributed by atoms with Gasteiger partial charge in [0.05, 0.1) is 7.11 Å². The van der Waals surface area contributed by atoms with Crippen LogP contribution < -0.4 is 4.74 Å². The Bertz CT molecular complexity index is 383. The Kier molecular flexibility index (Phi) is 2.62. The first-order valence-corrected chi connectivity index (χ1v) is 6.55. The predicted molar refractivity (Wildman–Crippen MR) is 66.0 cm³/mol. The lowest BCUT2D eigenvalue weighted by Crippen LogP contribution is -2.23. The van der Waals surface area contributed by atoms with E-state index < -0.39 is 0 Å². The van der Waals surface area contributed by atoms with Crippen molar-refractivity contribution >= 4 is 0 Å². The third kappa shape index (κ3) is 1.63. The second kappa shape index (κ2) is 4.12. The molecule has 0 bridgehead atoms. The van der Waals surface area contributed by atoms with Crippen LogP contribution in [0.1, 0.15) is 49.1 Å². The third-order valence-corrected chi connectivity index (χ3v) is 4.44. The molecule has 0 spiro atoms. The topological polar surface area (TPSA) is 9.23 Å². The summed E-state index contributed by atoms with van der Waals surface area (Å²) in [7, 11) is 1.76. The van der Waals surface area contributed by atoms with E-state index >= 15 is 0 Å². The highest BCUT2D eigenvalue weighted by Crippen LogP contribution is 2.45.